The molecule has 0 atom stereocenters. The molecule has 0 aromatic heterocycles. The number of phosphoric acid groups is 1. The highest BCUT2D eigenvalue weighted by molar-refractivity contribution is 7.46. The molecule has 1 aromatic carbocycles. The Morgan fingerprint density at radius 3 is 1.62 bits per heavy atom. The summed E-state index contributed by atoms with van der Waals surface area (Å²) in [5.74, 6) is 0.243. The molecule has 0 spiro atoms. The second-order valence-electron chi connectivity index (χ2n) is 8.28. The molecule has 0 aliphatic carbocycles. The highest BCUT2D eigenvalue weighted by Gasteiger charge is 2.15. The van der Waals surface area contributed by atoms with Crippen molar-refractivity contribution >= 4 is 7.82 Å². The fraction of sp³-hybridized carbons (Fsp3) is 0.750. The van der Waals surface area contributed by atoms with Gasteiger partial charge in [0.2, 0.25) is 0 Å². The lowest BCUT2D eigenvalue weighted by Gasteiger charge is -2.08. The summed E-state index contributed by atoms with van der Waals surface area (Å²) in [5.41, 5.74) is 1.07. The van der Waals surface area contributed by atoms with Gasteiger partial charge in [-0.1, -0.05) is 115 Å². The van der Waals surface area contributed by atoms with Gasteiger partial charge in [-0.05, 0) is 30.5 Å². The van der Waals surface area contributed by atoms with E-state index in [9.17, 15) is 4.57 Å². The molecule has 1 aromatic rings. The molecular weight excluding hydrogens is 383 g/mol. The number of phosphoric ester groups is 1. The molecule has 0 heterocycles. The molecule has 0 aliphatic rings. The topological polar surface area (TPSA) is 66.8 Å². The van der Waals surface area contributed by atoms with E-state index in [4.69, 9.17) is 9.79 Å². The summed E-state index contributed by atoms with van der Waals surface area (Å²) in [6, 6.07) is 7.07. The molecule has 29 heavy (non-hydrogen) atoms. The van der Waals surface area contributed by atoms with E-state index in [0.717, 1.165) is 18.4 Å². The lowest BCUT2D eigenvalue weighted by atomic mass is 10.0. The van der Waals surface area contributed by atoms with Crippen LogP contribution >= 0.6 is 7.82 Å². The van der Waals surface area contributed by atoms with Gasteiger partial charge in [-0.15, -0.1) is 0 Å². The molecule has 168 valence electrons. The Labute approximate surface area is 178 Å². The molecule has 5 heteroatoms. The van der Waals surface area contributed by atoms with Crippen LogP contribution in [-0.2, 0) is 11.0 Å². The van der Waals surface area contributed by atoms with E-state index in [-0.39, 0.29) is 5.75 Å². The minimum absolute atomic E-state index is 0.243. The number of benzene rings is 1. The van der Waals surface area contributed by atoms with Crippen molar-refractivity contribution in [2.24, 2.45) is 0 Å². The molecule has 0 amide bonds. The van der Waals surface area contributed by atoms with Crippen molar-refractivity contribution in [3.8, 4) is 5.75 Å². The fourth-order valence-corrected chi connectivity index (χ4v) is 4.16. The minimum Gasteiger partial charge on any atom is -0.404 e. The second-order valence-corrected chi connectivity index (χ2v) is 9.45. The van der Waals surface area contributed by atoms with Gasteiger partial charge < -0.3 is 4.52 Å². The predicted molar refractivity (Wildman–Crippen MR) is 122 cm³/mol. The van der Waals surface area contributed by atoms with Crippen LogP contribution in [0.1, 0.15) is 115 Å². The van der Waals surface area contributed by atoms with E-state index in [1.54, 1.807) is 18.2 Å². The monoisotopic (exact) mass is 426 g/mol. The highest BCUT2D eigenvalue weighted by atomic mass is 31.2. The third-order valence-corrected chi connectivity index (χ3v) is 5.89. The zero-order valence-corrected chi connectivity index (χ0v) is 19.4. The van der Waals surface area contributed by atoms with Crippen LogP contribution in [0, 0.1) is 0 Å². The summed E-state index contributed by atoms with van der Waals surface area (Å²) in [6.07, 6.45) is 22.7. The molecule has 0 saturated heterocycles. The predicted octanol–water partition coefficient (Wildman–Crippen LogP) is 7.96. The van der Waals surface area contributed by atoms with Crippen molar-refractivity contribution < 1.29 is 18.9 Å². The van der Waals surface area contributed by atoms with Crippen LogP contribution in [-0.4, -0.2) is 9.79 Å². The maximum Gasteiger partial charge on any atom is 0.524 e. The molecule has 0 unspecified atom stereocenters. The first-order valence-electron chi connectivity index (χ1n) is 11.9. The van der Waals surface area contributed by atoms with Crippen LogP contribution in [0.15, 0.2) is 24.3 Å². The molecule has 0 aliphatic heterocycles. The highest BCUT2D eigenvalue weighted by Crippen LogP contribution is 2.37. The Morgan fingerprint density at radius 1 is 0.724 bits per heavy atom. The first-order chi connectivity index (χ1) is 14.0. The summed E-state index contributed by atoms with van der Waals surface area (Å²) in [5, 5.41) is 0. The van der Waals surface area contributed by atoms with Gasteiger partial charge in [0.15, 0.2) is 0 Å². The number of hydrogen-bond donors (Lipinski definition) is 2. The molecule has 2 N–H and O–H groups in total. The fourth-order valence-electron chi connectivity index (χ4n) is 3.77. The largest absolute Gasteiger partial charge is 0.524 e. The molecule has 4 nitrogen and oxygen atoms in total. The Morgan fingerprint density at radius 2 is 1.17 bits per heavy atom. The number of aryl methyl sites for hydroxylation is 1. The van der Waals surface area contributed by atoms with Crippen LogP contribution in [0.3, 0.4) is 0 Å². The third kappa shape index (κ3) is 16.6. The van der Waals surface area contributed by atoms with Crippen LogP contribution in [0.2, 0.25) is 0 Å². The molecule has 1 rings (SSSR count). The van der Waals surface area contributed by atoms with E-state index in [1.807, 2.05) is 6.07 Å². The molecule has 0 fully saturated rings. The molecule has 0 radical (unpaired) electrons. The van der Waals surface area contributed by atoms with Crippen molar-refractivity contribution in [3.05, 3.63) is 29.8 Å². The quantitative estimate of drug-likeness (QED) is 0.174. The Balaban J connectivity index is 1.89. The van der Waals surface area contributed by atoms with Gasteiger partial charge in [0.25, 0.3) is 0 Å². The minimum atomic E-state index is -4.47. The summed E-state index contributed by atoms with van der Waals surface area (Å²) in [7, 11) is -4.47. The Kier molecular flexibility index (Phi) is 15.3. The average Bonchev–Trinajstić information content (AvgIpc) is 2.66. The standard InChI is InChI=1S/C24H43O4P/c1-2-3-4-5-6-7-8-9-10-11-12-13-14-15-16-17-19-23-20-18-21-24(22-23)28-29(25,26)27/h18,20-22H,2-17,19H2,1H3,(H2,25,26,27). The normalized spacial score (nSPS) is 11.7. The SMILES string of the molecule is CCCCCCCCCCCCCCCCCCc1cccc(OP(=O)(O)O)c1. The van der Waals surface area contributed by atoms with Crippen molar-refractivity contribution in [1.82, 2.24) is 0 Å². The van der Waals surface area contributed by atoms with Crippen LogP contribution in [0.5, 0.6) is 5.75 Å². The van der Waals surface area contributed by atoms with Gasteiger partial charge in [-0.25, -0.2) is 4.57 Å². The Bertz CT molecular complexity index is 556. The van der Waals surface area contributed by atoms with Crippen LogP contribution in [0.4, 0.5) is 0 Å². The number of unbranched alkanes of at least 4 members (excludes halogenated alkanes) is 15. The second kappa shape index (κ2) is 16.9. The maximum atomic E-state index is 10.9. The smallest absolute Gasteiger partial charge is 0.404 e. The van der Waals surface area contributed by atoms with Gasteiger partial charge in [0.05, 0.1) is 0 Å². The van der Waals surface area contributed by atoms with E-state index in [2.05, 4.69) is 11.4 Å². The van der Waals surface area contributed by atoms with Gasteiger partial charge in [-0.3, -0.25) is 9.79 Å². The van der Waals surface area contributed by atoms with Crippen molar-refractivity contribution in [2.45, 2.75) is 116 Å². The average molecular weight is 427 g/mol. The van der Waals surface area contributed by atoms with Gasteiger partial charge in [0.1, 0.15) is 5.75 Å². The maximum absolute atomic E-state index is 10.9. The molecule has 0 saturated carbocycles. The van der Waals surface area contributed by atoms with Crippen LogP contribution < -0.4 is 4.52 Å². The number of rotatable bonds is 19. The number of hydrogen-bond acceptors (Lipinski definition) is 2. The zero-order valence-electron chi connectivity index (χ0n) is 18.5. The van der Waals surface area contributed by atoms with Gasteiger partial charge >= 0.3 is 7.82 Å². The summed E-state index contributed by atoms with van der Waals surface area (Å²) in [6.45, 7) is 2.27. The van der Waals surface area contributed by atoms with E-state index < -0.39 is 7.82 Å². The zero-order chi connectivity index (χ0) is 21.2. The lowest BCUT2D eigenvalue weighted by molar-refractivity contribution is 0.283. The summed E-state index contributed by atoms with van der Waals surface area (Å²) < 4.78 is 15.5. The first kappa shape index (κ1) is 26.2. The van der Waals surface area contributed by atoms with Crippen molar-refractivity contribution in [3.63, 3.8) is 0 Å². The first-order valence-corrected chi connectivity index (χ1v) is 13.4. The summed E-state index contributed by atoms with van der Waals surface area (Å²) >= 11 is 0. The van der Waals surface area contributed by atoms with E-state index >= 15 is 0 Å². The Hall–Kier alpha value is -0.830. The third-order valence-electron chi connectivity index (χ3n) is 5.44. The lowest BCUT2D eigenvalue weighted by Crippen LogP contribution is -1.92. The van der Waals surface area contributed by atoms with Gasteiger partial charge in [0, 0.05) is 0 Å². The van der Waals surface area contributed by atoms with Crippen molar-refractivity contribution in [1.29, 1.82) is 0 Å². The summed E-state index contributed by atoms with van der Waals surface area (Å²) in [4.78, 5) is 17.8. The molecule has 0 bridgehead atoms. The van der Waals surface area contributed by atoms with Crippen molar-refractivity contribution in [2.75, 3.05) is 0 Å². The van der Waals surface area contributed by atoms with E-state index in [1.165, 1.54) is 96.3 Å². The van der Waals surface area contributed by atoms with Crippen LogP contribution in [0.25, 0.3) is 0 Å². The molecular formula is C24H43O4P. The van der Waals surface area contributed by atoms with Gasteiger partial charge in [-0.2, -0.15) is 0 Å². The van der Waals surface area contributed by atoms with E-state index in [0.29, 0.717) is 0 Å².